The molecule has 186 valence electrons. The van der Waals surface area contributed by atoms with Crippen LogP contribution >= 0.6 is 0 Å². The molecule has 0 unspecified atom stereocenters. The summed E-state index contributed by atoms with van der Waals surface area (Å²) in [5, 5.41) is 4.02. The molecule has 0 spiro atoms. The second-order valence-corrected chi connectivity index (χ2v) is 8.70. The van der Waals surface area contributed by atoms with E-state index < -0.39 is 11.7 Å². The summed E-state index contributed by atoms with van der Waals surface area (Å²) in [5.74, 6) is 0.309. The number of carbonyl (C=O) groups excluding carboxylic acids is 1. The van der Waals surface area contributed by atoms with Gasteiger partial charge in [0.05, 0.1) is 12.1 Å². The zero-order valence-electron chi connectivity index (χ0n) is 20.3. The topological polar surface area (TPSA) is 59.2 Å². The number of halogens is 3. The van der Waals surface area contributed by atoms with Gasteiger partial charge in [-0.1, -0.05) is 54.5 Å². The van der Waals surface area contributed by atoms with Gasteiger partial charge < -0.3 is 9.32 Å². The van der Waals surface area contributed by atoms with E-state index in [2.05, 4.69) is 10.1 Å². The standard InChI is InChI=1S/C28H26F3N3O2/c1-4-19-15-20(9-10-22(19)17-34(3)13-14-35)26-32-27(36-33-26)21-11-12-24(25(16-21)28(29,30)31)23-8-6-5-7-18(23)2/h5-12,14-16H,4,13,17H2,1-3H3. The van der Waals surface area contributed by atoms with E-state index in [1.165, 1.54) is 6.07 Å². The highest BCUT2D eigenvalue weighted by Crippen LogP contribution is 2.40. The third kappa shape index (κ3) is 5.39. The number of benzene rings is 3. The van der Waals surface area contributed by atoms with Crippen LogP contribution in [0.15, 0.2) is 65.2 Å². The number of likely N-dealkylation sites (N-methyl/N-ethyl adjacent to an activating group) is 1. The summed E-state index contributed by atoms with van der Waals surface area (Å²) < 4.78 is 47.4. The van der Waals surface area contributed by atoms with Gasteiger partial charge in [0.1, 0.15) is 6.29 Å². The first kappa shape index (κ1) is 25.3. The van der Waals surface area contributed by atoms with Crippen molar-refractivity contribution in [3.8, 4) is 34.0 Å². The van der Waals surface area contributed by atoms with Crippen LogP contribution in [0.5, 0.6) is 0 Å². The Hall–Kier alpha value is -3.78. The van der Waals surface area contributed by atoms with Gasteiger partial charge in [-0.3, -0.25) is 4.90 Å². The molecule has 5 nitrogen and oxygen atoms in total. The van der Waals surface area contributed by atoms with Crippen LogP contribution in [-0.2, 0) is 23.9 Å². The summed E-state index contributed by atoms with van der Waals surface area (Å²) in [6.07, 6.45) is -2.93. The summed E-state index contributed by atoms with van der Waals surface area (Å²) in [6, 6.07) is 16.8. The number of rotatable bonds is 8. The first-order valence-corrected chi connectivity index (χ1v) is 11.6. The van der Waals surface area contributed by atoms with Gasteiger partial charge in [0.15, 0.2) is 0 Å². The van der Waals surface area contributed by atoms with Gasteiger partial charge in [0, 0.05) is 17.7 Å². The molecule has 0 radical (unpaired) electrons. The molecule has 0 aliphatic carbocycles. The van der Waals surface area contributed by atoms with Crippen molar-refractivity contribution in [2.75, 3.05) is 13.6 Å². The number of aryl methyl sites for hydroxylation is 2. The van der Waals surface area contributed by atoms with Crippen molar-refractivity contribution in [1.29, 1.82) is 0 Å². The lowest BCUT2D eigenvalue weighted by Gasteiger charge is -2.16. The number of carbonyl (C=O) groups is 1. The van der Waals surface area contributed by atoms with Crippen molar-refractivity contribution < 1.29 is 22.5 Å². The Bertz CT molecular complexity index is 1380. The molecular formula is C28H26F3N3O2. The van der Waals surface area contributed by atoms with Crippen molar-refractivity contribution >= 4 is 6.29 Å². The van der Waals surface area contributed by atoms with Gasteiger partial charge in [0.25, 0.3) is 5.89 Å². The molecule has 0 saturated heterocycles. The number of aromatic nitrogens is 2. The predicted octanol–water partition coefficient (Wildman–Crippen LogP) is 6.59. The molecule has 1 heterocycles. The smallest absolute Gasteiger partial charge is 0.334 e. The van der Waals surface area contributed by atoms with Crippen LogP contribution in [0.4, 0.5) is 13.2 Å². The quantitative estimate of drug-likeness (QED) is 0.259. The fourth-order valence-electron chi connectivity index (χ4n) is 4.21. The molecule has 0 amide bonds. The van der Waals surface area contributed by atoms with Gasteiger partial charge in [-0.2, -0.15) is 18.2 Å². The van der Waals surface area contributed by atoms with Crippen molar-refractivity contribution in [3.63, 3.8) is 0 Å². The fourth-order valence-corrected chi connectivity index (χ4v) is 4.21. The molecule has 0 N–H and O–H groups in total. The first-order valence-electron chi connectivity index (χ1n) is 11.6. The van der Waals surface area contributed by atoms with E-state index in [0.717, 1.165) is 35.5 Å². The molecule has 8 heteroatoms. The number of nitrogens with zero attached hydrogens (tertiary/aromatic N) is 3. The predicted molar refractivity (Wildman–Crippen MR) is 132 cm³/mol. The highest BCUT2D eigenvalue weighted by molar-refractivity contribution is 5.74. The lowest BCUT2D eigenvalue weighted by molar-refractivity contribution is -0.137. The van der Waals surface area contributed by atoms with Crippen molar-refractivity contribution in [3.05, 3.63) is 82.9 Å². The van der Waals surface area contributed by atoms with Gasteiger partial charge in [-0.05, 0) is 66.4 Å². The summed E-state index contributed by atoms with van der Waals surface area (Å²) in [7, 11) is 1.87. The average Bonchev–Trinajstić information content (AvgIpc) is 3.34. The molecule has 0 atom stereocenters. The van der Waals surface area contributed by atoms with E-state index in [4.69, 9.17) is 4.52 Å². The molecule has 3 aromatic carbocycles. The molecule has 1 aromatic heterocycles. The Labute approximate surface area is 207 Å². The third-order valence-electron chi connectivity index (χ3n) is 6.11. The second kappa shape index (κ2) is 10.5. The Balaban J connectivity index is 1.68. The van der Waals surface area contributed by atoms with Gasteiger partial charge >= 0.3 is 6.18 Å². The monoisotopic (exact) mass is 493 g/mol. The van der Waals surface area contributed by atoms with E-state index in [0.29, 0.717) is 30.0 Å². The van der Waals surface area contributed by atoms with Crippen LogP contribution in [0.2, 0.25) is 0 Å². The molecule has 0 saturated carbocycles. The lowest BCUT2D eigenvalue weighted by Crippen LogP contribution is -2.20. The Morgan fingerprint density at radius 1 is 0.972 bits per heavy atom. The SMILES string of the molecule is CCc1cc(-c2noc(-c3ccc(-c4ccccc4C)c(C(F)(F)F)c3)n2)ccc1CN(C)CC=O. The van der Waals surface area contributed by atoms with Crippen LogP contribution in [0.3, 0.4) is 0 Å². The lowest BCUT2D eigenvalue weighted by atomic mass is 9.94. The van der Waals surface area contributed by atoms with E-state index in [-0.39, 0.29) is 17.0 Å². The van der Waals surface area contributed by atoms with E-state index in [1.54, 1.807) is 37.3 Å². The van der Waals surface area contributed by atoms with Gasteiger partial charge in [-0.15, -0.1) is 0 Å². The van der Waals surface area contributed by atoms with Crippen LogP contribution in [0.25, 0.3) is 34.0 Å². The summed E-state index contributed by atoms with van der Waals surface area (Å²) >= 11 is 0. The Kier molecular flexibility index (Phi) is 7.35. The largest absolute Gasteiger partial charge is 0.417 e. The zero-order chi connectivity index (χ0) is 25.9. The van der Waals surface area contributed by atoms with Gasteiger partial charge in [0.2, 0.25) is 5.82 Å². The highest BCUT2D eigenvalue weighted by Gasteiger charge is 2.34. The van der Waals surface area contributed by atoms with Gasteiger partial charge in [-0.25, -0.2) is 0 Å². The average molecular weight is 494 g/mol. The summed E-state index contributed by atoms with van der Waals surface area (Å²) in [5.41, 5.74) is 3.67. The summed E-state index contributed by atoms with van der Waals surface area (Å²) in [4.78, 5) is 17.1. The zero-order valence-corrected chi connectivity index (χ0v) is 20.3. The molecule has 4 aromatic rings. The van der Waals surface area contributed by atoms with E-state index >= 15 is 0 Å². The van der Waals surface area contributed by atoms with Crippen LogP contribution in [0.1, 0.15) is 29.2 Å². The first-order chi connectivity index (χ1) is 17.2. The fraction of sp³-hybridized carbons (Fsp3) is 0.250. The van der Waals surface area contributed by atoms with Crippen molar-refractivity contribution in [2.24, 2.45) is 0 Å². The van der Waals surface area contributed by atoms with Crippen molar-refractivity contribution in [2.45, 2.75) is 33.0 Å². The molecular weight excluding hydrogens is 467 g/mol. The third-order valence-corrected chi connectivity index (χ3v) is 6.11. The minimum absolute atomic E-state index is 0.0136. The van der Waals surface area contributed by atoms with E-state index in [1.807, 2.05) is 37.1 Å². The molecule has 0 aliphatic heterocycles. The molecule has 36 heavy (non-hydrogen) atoms. The van der Waals surface area contributed by atoms with Crippen molar-refractivity contribution in [1.82, 2.24) is 15.0 Å². The maximum absolute atomic E-state index is 14.0. The summed E-state index contributed by atoms with van der Waals surface area (Å²) in [6.45, 7) is 4.76. The highest BCUT2D eigenvalue weighted by atomic mass is 19.4. The molecule has 0 bridgehead atoms. The normalized spacial score (nSPS) is 11.8. The number of aldehydes is 1. The number of hydrogen-bond donors (Lipinski definition) is 0. The minimum atomic E-state index is -4.56. The minimum Gasteiger partial charge on any atom is -0.334 e. The van der Waals surface area contributed by atoms with Crippen LogP contribution in [0, 0.1) is 6.92 Å². The van der Waals surface area contributed by atoms with Crippen LogP contribution < -0.4 is 0 Å². The molecule has 0 fully saturated rings. The maximum atomic E-state index is 14.0. The number of hydrogen-bond acceptors (Lipinski definition) is 5. The molecule has 0 aliphatic rings. The second-order valence-electron chi connectivity index (χ2n) is 8.70. The Morgan fingerprint density at radius 2 is 1.72 bits per heavy atom. The number of alkyl halides is 3. The maximum Gasteiger partial charge on any atom is 0.417 e. The van der Waals surface area contributed by atoms with Crippen LogP contribution in [-0.4, -0.2) is 34.9 Å². The molecule has 4 rings (SSSR count). The van der Waals surface area contributed by atoms with E-state index in [9.17, 15) is 18.0 Å². The Morgan fingerprint density at radius 3 is 2.42 bits per heavy atom.